The lowest BCUT2D eigenvalue weighted by Crippen LogP contribution is -2.41. The maximum absolute atomic E-state index is 13.0. The second-order valence-electron chi connectivity index (χ2n) is 6.81. The van der Waals surface area contributed by atoms with Crippen LogP contribution >= 0.6 is 11.3 Å². The van der Waals surface area contributed by atoms with Crippen molar-refractivity contribution in [3.63, 3.8) is 0 Å². The highest BCUT2D eigenvalue weighted by atomic mass is 32.2. The molecular weight excluding hydrogens is 380 g/mol. The molecule has 0 aliphatic rings. The zero-order valence-electron chi connectivity index (χ0n) is 15.8. The van der Waals surface area contributed by atoms with Gasteiger partial charge in [-0.2, -0.15) is 0 Å². The van der Waals surface area contributed by atoms with Gasteiger partial charge in [0, 0.05) is 6.26 Å². The first-order chi connectivity index (χ1) is 12.7. The van der Waals surface area contributed by atoms with E-state index in [4.69, 9.17) is 0 Å². The number of fused-ring (bicyclic) bond motifs is 1. The van der Waals surface area contributed by atoms with Gasteiger partial charge in [0.1, 0.15) is 5.25 Å². The van der Waals surface area contributed by atoms with Crippen LogP contribution in [0, 0.1) is 13.8 Å². The number of rotatable bonds is 5. The minimum Gasteiger partial charge on any atom is -0.282 e. The first-order valence-electron chi connectivity index (χ1n) is 8.59. The minimum absolute atomic E-state index is 0.275. The topological polar surface area (TPSA) is 67.3 Å². The van der Waals surface area contributed by atoms with Crippen molar-refractivity contribution >= 4 is 42.4 Å². The number of carbonyl (C=O) groups is 1. The quantitative estimate of drug-likeness (QED) is 0.649. The third-order valence-electron chi connectivity index (χ3n) is 4.48. The maximum atomic E-state index is 13.0. The highest BCUT2D eigenvalue weighted by Gasteiger charge is 2.31. The van der Waals surface area contributed by atoms with E-state index in [2.05, 4.69) is 11.1 Å². The van der Waals surface area contributed by atoms with Gasteiger partial charge in [0.15, 0.2) is 15.0 Å². The van der Waals surface area contributed by atoms with Crippen LogP contribution in [0.15, 0.2) is 42.5 Å². The number of thiazole rings is 1. The fourth-order valence-corrected chi connectivity index (χ4v) is 4.40. The van der Waals surface area contributed by atoms with Crippen LogP contribution in [-0.4, -0.2) is 30.8 Å². The zero-order chi connectivity index (χ0) is 19.8. The van der Waals surface area contributed by atoms with Gasteiger partial charge >= 0.3 is 0 Å². The van der Waals surface area contributed by atoms with Crippen LogP contribution in [0.5, 0.6) is 0 Å². The van der Waals surface area contributed by atoms with Crippen molar-refractivity contribution in [2.24, 2.45) is 0 Å². The molecule has 1 aromatic heterocycles. The van der Waals surface area contributed by atoms with Gasteiger partial charge in [-0.05, 0) is 43.5 Å². The number of hydrogen-bond donors (Lipinski definition) is 0. The first-order valence-corrected chi connectivity index (χ1v) is 11.4. The summed E-state index contributed by atoms with van der Waals surface area (Å²) in [5.41, 5.74) is 3.93. The van der Waals surface area contributed by atoms with Crippen molar-refractivity contribution in [2.75, 3.05) is 11.2 Å². The Morgan fingerprint density at radius 3 is 2.48 bits per heavy atom. The van der Waals surface area contributed by atoms with Crippen molar-refractivity contribution < 1.29 is 13.2 Å². The number of hydrogen-bond acceptors (Lipinski definition) is 5. The second-order valence-corrected chi connectivity index (χ2v) is 10.2. The van der Waals surface area contributed by atoms with E-state index in [1.54, 1.807) is 0 Å². The van der Waals surface area contributed by atoms with E-state index in [0.29, 0.717) is 5.13 Å². The van der Waals surface area contributed by atoms with Gasteiger partial charge in [-0.25, -0.2) is 13.4 Å². The minimum atomic E-state index is -3.51. The molecule has 1 amide bonds. The highest BCUT2D eigenvalue weighted by Crippen LogP contribution is 2.33. The Morgan fingerprint density at radius 1 is 1.19 bits per heavy atom. The van der Waals surface area contributed by atoms with Gasteiger partial charge in [-0.3, -0.25) is 9.69 Å². The van der Waals surface area contributed by atoms with Gasteiger partial charge in [-0.15, -0.1) is 0 Å². The molecule has 1 atom stereocenters. The summed E-state index contributed by atoms with van der Waals surface area (Å²) < 4.78 is 24.9. The van der Waals surface area contributed by atoms with Gasteiger partial charge < -0.3 is 0 Å². The first kappa shape index (κ1) is 19.5. The van der Waals surface area contributed by atoms with E-state index < -0.39 is 21.0 Å². The van der Waals surface area contributed by atoms with Crippen LogP contribution in [0.3, 0.4) is 0 Å². The highest BCUT2D eigenvalue weighted by molar-refractivity contribution is 7.92. The molecule has 3 aromatic rings. The smallest absolute Gasteiger partial charge is 0.247 e. The van der Waals surface area contributed by atoms with Crippen LogP contribution in [-0.2, 0) is 21.2 Å². The zero-order valence-corrected chi connectivity index (χ0v) is 17.4. The summed E-state index contributed by atoms with van der Waals surface area (Å²) in [5, 5.41) is -0.612. The molecule has 0 saturated carbocycles. The molecule has 0 aliphatic heterocycles. The Labute approximate surface area is 163 Å². The molecule has 0 aliphatic carbocycles. The predicted octanol–water partition coefficient (Wildman–Crippen LogP) is 3.88. The fraction of sp³-hybridized carbons (Fsp3) is 0.300. The van der Waals surface area contributed by atoms with Crippen LogP contribution in [0.1, 0.15) is 23.6 Å². The standard InChI is InChI=1S/C20H22N2O3S2/c1-13-10-14(2)18-17(11-13)21-20(26-18)22(12-16-8-6-5-7-9-16)19(23)15(3)27(4,24)25/h5-11,15H,12H2,1-4H3. The summed E-state index contributed by atoms with van der Waals surface area (Å²) in [6.45, 7) is 5.72. The molecule has 0 N–H and O–H groups in total. The Balaban J connectivity index is 2.09. The average molecular weight is 403 g/mol. The van der Waals surface area contributed by atoms with Crippen molar-refractivity contribution in [3.8, 4) is 0 Å². The third-order valence-corrected chi connectivity index (χ3v) is 7.19. The number of sulfone groups is 1. The Kier molecular flexibility index (Phi) is 5.35. The predicted molar refractivity (Wildman–Crippen MR) is 111 cm³/mol. The Morgan fingerprint density at radius 2 is 1.85 bits per heavy atom. The van der Waals surface area contributed by atoms with Crippen LogP contribution in [0.4, 0.5) is 5.13 Å². The molecule has 0 radical (unpaired) electrons. The molecule has 0 saturated heterocycles. The van der Waals surface area contributed by atoms with E-state index >= 15 is 0 Å². The number of aromatic nitrogens is 1. The lowest BCUT2D eigenvalue weighted by molar-refractivity contribution is -0.118. The third kappa shape index (κ3) is 4.20. The van der Waals surface area contributed by atoms with Crippen molar-refractivity contribution in [2.45, 2.75) is 32.6 Å². The van der Waals surface area contributed by atoms with Gasteiger partial charge in [0.2, 0.25) is 5.91 Å². The van der Waals surface area contributed by atoms with Gasteiger partial charge in [-0.1, -0.05) is 47.7 Å². The van der Waals surface area contributed by atoms with Crippen LogP contribution < -0.4 is 4.90 Å². The lowest BCUT2D eigenvalue weighted by Gasteiger charge is -2.22. The molecular formula is C20H22N2O3S2. The Bertz CT molecular complexity index is 1090. The number of anilines is 1. The summed E-state index contributed by atoms with van der Waals surface area (Å²) in [7, 11) is -3.51. The number of benzene rings is 2. The molecule has 0 fully saturated rings. The maximum Gasteiger partial charge on any atom is 0.247 e. The number of amides is 1. The summed E-state index contributed by atoms with van der Waals surface area (Å²) in [4.78, 5) is 19.2. The summed E-state index contributed by atoms with van der Waals surface area (Å²) in [6, 6.07) is 13.6. The molecule has 7 heteroatoms. The molecule has 27 heavy (non-hydrogen) atoms. The van der Waals surface area contributed by atoms with Crippen LogP contribution in [0.25, 0.3) is 10.2 Å². The molecule has 5 nitrogen and oxygen atoms in total. The van der Waals surface area contributed by atoms with E-state index in [1.807, 2.05) is 50.2 Å². The average Bonchev–Trinajstić information content (AvgIpc) is 3.02. The van der Waals surface area contributed by atoms with E-state index in [-0.39, 0.29) is 6.54 Å². The summed E-state index contributed by atoms with van der Waals surface area (Å²) >= 11 is 1.42. The molecule has 1 heterocycles. The normalized spacial score (nSPS) is 12.9. The largest absolute Gasteiger partial charge is 0.282 e. The molecule has 3 rings (SSSR count). The Hall–Kier alpha value is -2.25. The number of carbonyl (C=O) groups excluding carboxylic acids is 1. The molecule has 142 valence electrons. The van der Waals surface area contributed by atoms with E-state index in [9.17, 15) is 13.2 Å². The monoisotopic (exact) mass is 402 g/mol. The number of nitrogens with zero attached hydrogens (tertiary/aromatic N) is 2. The van der Waals surface area contributed by atoms with Crippen molar-refractivity contribution in [3.05, 3.63) is 59.2 Å². The van der Waals surface area contributed by atoms with E-state index in [0.717, 1.165) is 33.2 Å². The van der Waals surface area contributed by atoms with Crippen molar-refractivity contribution in [1.29, 1.82) is 0 Å². The molecule has 1 unspecified atom stereocenters. The van der Waals surface area contributed by atoms with Gasteiger partial charge in [0.25, 0.3) is 0 Å². The van der Waals surface area contributed by atoms with Gasteiger partial charge in [0.05, 0.1) is 16.8 Å². The molecule has 0 bridgehead atoms. The fourth-order valence-electron chi connectivity index (χ4n) is 2.89. The summed E-state index contributed by atoms with van der Waals surface area (Å²) in [6.07, 6.45) is 1.09. The number of aryl methyl sites for hydroxylation is 2. The molecule has 0 spiro atoms. The van der Waals surface area contributed by atoms with E-state index in [1.165, 1.54) is 23.2 Å². The molecule has 2 aromatic carbocycles. The second kappa shape index (κ2) is 7.40. The van der Waals surface area contributed by atoms with Crippen LogP contribution in [0.2, 0.25) is 0 Å². The van der Waals surface area contributed by atoms with Crippen molar-refractivity contribution in [1.82, 2.24) is 4.98 Å². The SMILES string of the molecule is Cc1cc(C)c2sc(N(Cc3ccccc3)C(=O)C(C)S(C)(=O)=O)nc2c1. The summed E-state index contributed by atoms with van der Waals surface area (Å²) in [5.74, 6) is -0.463. The lowest BCUT2D eigenvalue weighted by atomic mass is 10.1.